The van der Waals surface area contributed by atoms with Crippen molar-refractivity contribution in [1.29, 1.82) is 0 Å². The second-order valence-electron chi connectivity index (χ2n) is 5.24. The van der Waals surface area contributed by atoms with E-state index in [1.54, 1.807) is 18.2 Å². The Balaban J connectivity index is 1.82. The molecular formula is C15H15N5O3. The Kier molecular flexibility index (Phi) is 3.88. The minimum Gasteiger partial charge on any atom is -0.354 e. The smallest absolute Gasteiger partial charge is 0.271 e. The normalized spacial score (nSPS) is 13.3. The van der Waals surface area contributed by atoms with Gasteiger partial charge >= 0.3 is 0 Å². The lowest BCUT2D eigenvalue weighted by molar-refractivity contribution is -0.384. The monoisotopic (exact) mass is 313 g/mol. The van der Waals surface area contributed by atoms with Crippen LogP contribution in [0.5, 0.6) is 0 Å². The number of nitrogens with zero attached hydrogens (tertiary/aromatic N) is 4. The van der Waals surface area contributed by atoms with Gasteiger partial charge in [0, 0.05) is 32.3 Å². The largest absolute Gasteiger partial charge is 0.354 e. The molecule has 1 N–H and O–H groups in total. The number of carbonyl (C=O) groups excluding carboxylic acids is 1. The number of hydrogen-bond donors (Lipinski definition) is 1. The van der Waals surface area contributed by atoms with Crippen LogP contribution in [0.3, 0.4) is 0 Å². The quantitative estimate of drug-likeness (QED) is 0.677. The number of carbonyl (C=O) groups is 1. The molecule has 0 unspecified atom stereocenters. The summed E-state index contributed by atoms with van der Waals surface area (Å²) >= 11 is 0. The Morgan fingerprint density at radius 3 is 2.74 bits per heavy atom. The van der Waals surface area contributed by atoms with Gasteiger partial charge in [0.05, 0.1) is 4.92 Å². The van der Waals surface area contributed by atoms with E-state index in [9.17, 15) is 14.9 Å². The van der Waals surface area contributed by atoms with Gasteiger partial charge in [-0.3, -0.25) is 14.9 Å². The van der Waals surface area contributed by atoms with Crippen molar-refractivity contribution >= 4 is 17.4 Å². The first kappa shape index (κ1) is 14.9. The van der Waals surface area contributed by atoms with E-state index in [1.165, 1.54) is 13.1 Å². The fourth-order valence-electron chi connectivity index (χ4n) is 2.60. The Hall–Kier alpha value is -3.03. The molecule has 3 rings (SSSR count). The van der Waals surface area contributed by atoms with Crippen LogP contribution in [0.25, 0.3) is 0 Å². The van der Waals surface area contributed by atoms with Crippen molar-refractivity contribution in [3.8, 4) is 0 Å². The standard InChI is InChI=1S/C15H15N5O3/c1-16-15(21)13-4-5-14(18-17-13)19-7-6-10-2-3-12(20(22)23)8-11(10)9-19/h2-5,8H,6-7,9H2,1H3,(H,16,21). The molecule has 1 aliphatic rings. The molecule has 0 spiro atoms. The number of non-ortho nitro benzene ring substituents is 1. The van der Waals surface area contributed by atoms with Gasteiger partial charge in [0.25, 0.3) is 11.6 Å². The lowest BCUT2D eigenvalue weighted by atomic mass is 9.99. The van der Waals surface area contributed by atoms with Crippen LogP contribution < -0.4 is 10.2 Å². The van der Waals surface area contributed by atoms with Crippen LogP contribution in [-0.4, -0.2) is 34.6 Å². The summed E-state index contributed by atoms with van der Waals surface area (Å²) in [5.74, 6) is 0.360. The second kappa shape index (κ2) is 5.99. The van der Waals surface area contributed by atoms with Crippen LogP contribution in [0.1, 0.15) is 21.6 Å². The zero-order valence-electron chi connectivity index (χ0n) is 12.5. The predicted molar refractivity (Wildman–Crippen MR) is 83.3 cm³/mol. The van der Waals surface area contributed by atoms with Gasteiger partial charge in [-0.25, -0.2) is 0 Å². The first-order valence-electron chi connectivity index (χ1n) is 7.15. The average molecular weight is 313 g/mol. The summed E-state index contributed by atoms with van der Waals surface area (Å²) < 4.78 is 0. The highest BCUT2D eigenvalue weighted by molar-refractivity contribution is 5.91. The van der Waals surface area contributed by atoms with Crippen molar-refractivity contribution in [2.75, 3.05) is 18.5 Å². The zero-order chi connectivity index (χ0) is 16.4. The Morgan fingerprint density at radius 2 is 2.09 bits per heavy atom. The maximum absolute atomic E-state index is 11.5. The van der Waals surface area contributed by atoms with E-state index in [-0.39, 0.29) is 17.3 Å². The van der Waals surface area contributed by atoms with E-state index < -0.39 is 4.92 Å². The van der Waals surface area contributed by atoms with Gasteiger partial charge in [-0.05, 0) is 29.7 Å². The first-order valence-corrected chi connectivity index (χ1v) is 7.15. The predicted octanol–water partition coefficient (Wildman–Crippen LogP) is 1.31. The average Bonchev–Trinajstić information content (AvgIpc) is 2.60. The van der Waals surface area contributed by atoms with Gasteiger partial charge in [0.1, 0.15) is 0 Å². The van der Waals surface area contributed by atoms with Gasteiger partial charge < -0.3 is 10.2 Å². The molecule has 1 aliphatic heterocycles. The second-order valence-corrected chi connectivity index (χ2v) is 5.24. The summed E-state index contributed by atoms with van der Waals surface area (Å²) in [5.41, 5.74) is 2.38. The molecule has 0 saturated carbocycles. The number of amides is 1. The lowest BCUT2D eigenvalue weighted by Crippen LogP contribution is -2.31. The van der Waals surface area contributed by atoms with E-state index in [4.69, 9.17) is 0 Å². The minimum absolute atomic E-state index is 0.0895. The van der Waals surface area contributed by atoms with E-state index in [1.807, 2.05) is 11.0 Å². The van der Waals surface area contributed by atoms with E-state index >= 15 is 0 Å². The third kappa shape index (κ3) is 2.96. The molecule has 0 radical (unpaired) electrons. The van der Waals surface area contributed by atoms with Gasteiger partial charge in [-0.2, -0.15) is 0 Å². The number of hydrogen-bond acceptors (Lipinski definition) is 6. The van der Waals surface area contributed by atoms with E-state index in [2.05, 4.69) is 15.5 Å². The fraction of sp³-hybridized carbons (Fsp3) is 0.267. The molecule has 8 heteroatoms. The third-order valence-electron chi connectivity index (χ3n) is 3.85. The molecule has 0 bridgehead atoms. The van der Waals surface area contributed by atoms with Gasteiger partial charge in [-0.15, -0.1) is 10.2 Å². The van der Waals surface area contributed by atoms with E-state index in [0.717, 1.165) is 24.1 Å². The number of anilines is 1. The number of nitrogens with one attached hydrogen (secondary N) is 1. The van der Waals surface area contributed by atoms with Crippen LogP contribution in [-0.2, 0) is 13.0 Å². The lowest BCUT2D eigenvalue weighted by Gasteiger charge is -2.29. The molecule has 2 aromatic rings. The molecular weight excluding hydrogens is 298 g/mol. The minimum atomic E-state index is -0.392. The first-order chi connectivity index (χ1) is 11.1. The summed E-state index contributed by atoms with van der Waals surface area (Å²) in [4.78, 5) is 24.0. The number of fused-ring (bicyclic) bond motifs is 1. The summed E-state index contributed by atoms with van der Waals surface area (Å²) in [6.07, 6.45) is 0.784. The number of benzene rings is 1. The Labute approximate surface area is 132 Å². The molecule has 0 aliphatic carbocycles. The highest BCUT2D eigenvalue weighted by Gasteiger charge is 2.20. The molecule has 0 atom stereocenters. The van der Waals surface area contributed by atoms with Crippen LogP contribution in [0.15, 0.2) is 30.3 Å². The van der Waals surface area contributed by atoms with Crippen LogP contribution in [0.4, 0.5) is 11.5 Å². The number of nitro groups is 1. The Bertz CT molecular complexity index is 760. The van der Waals surface area contributed by atoms with Crippen molar-refractivity contribution < 1.29 is 9.72 Å². The van der Waals surface area contributed by atoms with Crippen molar-refractivity contribution in [3.05, 3.63) is 57.3 Å². The topological polar surface area (TPSA) is 101 Å². The molecule has 118 valence electrons. The van der Waals surface area contributed by atoms with Crippen LogP contribution in [0, 0.1) is 10.1 Å². The SMILES string of the molecule is CNC(=O)c1ccc(N2CCc3ccc([N+](=O)[O-])cc3C2)nn1. The van der Waals surface area contributed by atoms with Gasteiger partial charge in [-0.1, -0.05) is 6.07 Å². The highest BCUT2D eigenvalue weighted by Crippen LogP contribution is 2.26. The molecule has 0 fully saturated rings. The molecule has 1 aromatic heterocycles. The summed E-state index contributed by atoms with van der Waals surface area (Å²) in [6.45, 7) is 1.28. The van der Waals surface area contributed by atoms with Crippen molar-refractivity contribution in [1.82, 2.24) is 15.5 Å². The fourth-order valence-corrected chi connectivity index (χ4v) is 2.60. The zero-order valence-corrected chi connectivity index (χ0v) is 12.5. The molecule has 23 heavy (non-hydrogen) atoms. The van der Waals surface area contributed by atoms with Gasteiger partial charge in [0.15, 0.2) is 11.5 Å². The van der Waals surface area contributed by atoms with Crippen molar-refractivity contribution in [2.24, 2.45) is 0 Å². The summed E-state index contributed by atoms with van der Waals surface area (Å²) in [7, 11) is 1.53. The summed E-state index contributed by atoms with van der Waals surface area (Å²) in [5, 5.41) is 21.4. The number of rotatable bonds is 3. The summed E-state index contributed by atoms with van der Waals surface area (Å²) in [6, 6.07) is 8.30. The Morgan fingerprint density at radius 1 is 1.26 bits per heavy atom. The van der Waals surface area contributed by atoms with Crippen LogP contribution >= 0.6 is 0 Å². The number of nitro benzene ring substituents is 1. The molecule has 2 heterocycles. The maximum Gasteiger partial charge on any atom is 0.271 e. The number of aromatic nitrogens is 2. The van der Waals surface area contributed by atoms with Crippen molar-refractivity contribution in [3.63, 3.8) is 0 Å². The van der Waals surface area contributed by atoms with Gasteiger partial charge in [0.2, 0.25) is 0 Å². The highest BCUT2D eigenvalue weighted by atomic mass is 16.6. The molecule has 1 aromatic carbocycles. The molecule has 8 nitrogen and oxygen atoms in total. The van der Waals surface area contributed by atoms with Crippen LogP contribution in [0.2, 0.25) is 0 Å². The molecule has 1 amide bonds. The maximum atomic E-state index is 11.5. The molecule has 0 saturated heterocycles. The van der Waals surface area contributed by atoms with Crippen molar-refractivity contribution in [2.45, 2.75) is 13.0 Å². The third-order valence-corrected chi connectivity index (χ3v) is 3.85. The van der Waals surface area contributed by atoms with E-state index in [0.29, 0.717) is 12.4 Å².